The highest BCUT2D eigenvalue weighted by atomic mass is 35.5. The summed E-state index contributed by atoms with van der Waals surface area (Å²) in [6, 6.07) is 7.51. The maximum Gasteiger partial charge on any atom is 0.488 e. The zero-order valence-electron chi connectivity index (χ0n) is 11.3. The van der Waals surface area contributed by atoms with Gasteiger partial charge in [-0.2, -0.15) is 0 Å². The number of esters is 1. The number of carbonyl (C=O) groups excluding carboxylic acids is 1. The Labute approximate surface area is 142 Å². The van der Waals surface area contributed by atoms with Crippen molar-refractivity contribution in [1.29, 1.82) is 0 Å². The van der Waals surface area contributed by atoms with Crippen molar-refractivity contribution >= 4 is 53.4 Å². The van der Waals surface area contributed by atoms with Gasteiger partial charge in [0.15, 0.2) is 0 Å². The summed E-state index contributed by atoms with van der Waals surface area (Å²) in [7, 11) is -0.179. The molecule has 1 heterocycles. The van der Waals surface area contributed by atoms with Crippen molar-refractivity contribution in [2.24, 2.45) is 0 Å². The van der Waals surface area contributed by atoms with Crippen LogP contribution in [-0.4, -0.2) is 35.2 Å². The molecule has 1 aromatic heterocycles. The average molecular weight is 362 g/mol. The van der Waals surface area contributed by atoms with Crippen LogP contribution in [0.1, 0.15) is 10.4 Å². The summed E-state index contributed by atoms with van der Waals surface area (Å²) in [6.45, 7) is 0. The lowest BCUT2D eigenvalue weighted by Gasteiger charge is -2.00. The van der Waals surface area contributed by atoms with E-state index in [1.54, 1.807) is 6.07 Å². The maximum absolute atomic E-state index is 10.8. The minimum Gasteiger partial charge on any atom is -0.465 e. The molecule has 22 heavy (non-hydrogen) atoms. The van der Waals surface area contributed by atoms with Gasteiger partial charge in [0.2, 0.25) is 0 Å². The molecule has 0 aliphatic carbocycles. The average Bonchev–Trinajstić information content (AvgIpc) is 2.50. The zero-order chi connectivity index (χ0) is 16.7. The van der Waals surface area contributed by atoms with Crippen molar-refractivity contribution in [3.05, 3.63) is 57.3 Å². The molecule has 0 radical (unpaired) electrons. The van der Waals surface area contributed by atoms with Gasteiger partial charge >= 0.3 is 13.1 Å². The molecular weight excluding hydrogens is 351 g/mol. The zero-order valence-corrected chi connectivity index (χ0v) is 13.6. The molecule has 0 atom stereocenters. The maximum atomic E-state index is 10.8. The molecular formula is C13H11BCl3NO4. The molecule has 2 N–H and O–H groups in total. The van der Waals surface area contributed by atoms with Crippen LogP contribution in [0.5, 0.6) is 0 Å². The minimum absolute atomic E-state index is 0.317. The molecule has 9 heteroatoms. The van der Waals surface area contributed by atoms with E-state index in [0.29, 0.717) is 26.2 Å². The Bertz CT molecular complexity index is 638. The van der Waals surface area contributed by atoms with E-state index in [1.165, 1.54) is 37.6 Å². The number of methoxy groups -OCH3 is 1. The van der Waals surface area contributed by atoms with Crippen molar-refractivity contribution in [2.75, 3.05) is 7.11 Å². The Balaban J connectivity index is 0.000000220. The van der Waals surface area contributed by atoms with E-state index in [1.807, 2.05) is 0 Å². The first-order chi connectivity index (χ1) is 10.3. The Morgan fingerprint density at radius 2 is 1.82 bits per heavy atom. The van der Waals surface area contributed by atoms with Crippen molar-refractivity contribution in [2.45, 2.75) is 0 Å². The topological polar surface area (TPSA) is 79.7 Å². The minimum atomic E-state index is -1.50. The number of aromatic nitrogens is 1. The summed E-state index contributed by atoms with van der Waals surface area (Å²) in [5.74, 6) is -0.408. The highest BCUT2D eigenvalue weighted by Gasteiger charge is 2.11. The second-order valence-electron chi connectivity index (χ2n) is 3.91. The molecule has 2 rings (SSSR count). The fourth-order valence-corrected chi connectivity index (χ4v) is 1.71. The first-order valence-corrected chi connectivity index (χ1v) is 6.99. The van der Waals surface area contributed by atoms with Crippen LogP contribution in [0.4, 0.5) is 0 Å². The standard InChI is InChI=1S/C7H6ClNO2.C6H5BCl2O2/c1-11-7(10)5-2-3-6(8)9-4-5;8-5-2-1-4(7(10)11)3-6(5)9/h2-4H,1H3;1-3,10-11H. The van der Waals surface area contributed by atoms with E-state index in [9.17, 15) is 4.79 Å². The lowest BCUT2D eigenvalue weighted by atomic mass is 9.80. The molecule has 0 aliphatic rings. The van der Waals surface area contributed by atoms with Crippen LogP contribution < -0.4 is 5.46 Å². The van der Waals surface area contributed by atoms with Crippen molar-refractivity contribution < 1.29 is 19.6 Å². The first-order valence-electron chi connectivity index (χ1n) is 5.86. The molecule has 0 fully saturated rings. The molecule has 0 amide bonds. The van der Waals surface area contributed by atoms with Gasteiger partial charge in [-0.3, -0.25) is 0 Å². The predicted molar refractivity (Wildman–Crippen MR) is 86.9 cm³/mol. The lowest BCUT2D eigenvalue weighted by Crippen LogP contribution is -2.29. The van der Waals surface area contributed by atoms with Crippen LogP contribution in [0.2, 0.25) is 15.2 Å². The summed E-state index contributed by atoms with van der Waals surface area (Å²) < 4.78 is 4.45. The van der Waals surface area contributed by atoms with Crippen LogP contribution in [0.15, 0.2) is 36.5 Å². The summed E-state index contributed by atoms with van der Waals surface area (Å²) in [6.07, 6.45) is 1.37. The quantitative estimate of drug-likeness (QED) is 0.486. The van der Waals surface area contributed by atoms with E-state index >= 15 is 0 Å². The summed E-state index contributed by atoms with van der Waals surface area (Å²) in [4.78, 5) is 14.5. The van der Waals surface area contributed by atoms with E-state index in [4.69, 9.17) is 44.9 Å². The number of carbonyl (C=O) groups is 1. The van der Waals surface area contributed by atoms with Gasteiger partial charge in [0, 0.05) is 6.20 Å². The van der Waals surface area contributed by atoms with Crippen LogP contribution in [0.3, 0.4) is 0 Å². The van der Waals surface area contributed by atoms with Crippen LogP contribution in [0.25, 0.3) is 0 Å². The van der Waals surface area contributed by atoms with Crippen LogP contribution >= 0.6 is 34.8 Å². The highest BCUT2D eigenvalue weighted by Crippen LogP contribution is 2.18. The first kappa shape index (κ1) is 18.7. The second kappa shape index (κ2) is 8.97. The number of hydrogen-bond acceptors (Lipinski definition) is 5. The van der Waals surface area contributed by atoms with Crippen LogP contribution in [0, 0.1) is 0 Å². The fraction of sp³-hybridized carbons (Fsp3) is 0.0769. The number of pyridine rings is 1. The number of halogens is 3. The molecule has 0 aliphatic heterocycles. The van der Waals surface area contributed by atoms with Crippen molar-refractivity contribution in [3.63, 3.8) is 0 Å². The van der Waals surface area contributed by atoms with Gasteiger partial charge in [0.05, 0.1) is 22.7 Å². The Morgan fingerprint density at radius 3 is 2.27 bits per heavy atom. The van der Waals surface area contributed by atoms with Gasteiger partial charge in [-0.25, -0.2) is 9.78 Å². The molecule has 0 saturated carbocycles. The third-order valence-electron chi connectivity index (χ3n) is 2.39. The third-order valence-corrected chi connectivity index (χ3v) is 3.35. The van der Waals surface area contributed by atoms with E-state index in [0.717, 1.165) is 0 Å². The molecule has 116 valence electrons. The Morgan fingerprint density at radius 1 is 1.14 bits per heavy atom. The molecule has 0 bridgehead atoms. The predicted octanol–water partition coefficient (Wildman–Crippen LogP) is 2.19. The normalized spacial score (nSPS) is 9.55. The van der Waals surface area contributed by atoms with Crippen LogP contribution in [-0.2, 0) is 4.74 Å². The molecule has 0 saturated heterocycles. The Kier molecular flexibility index (Phi) is 7.65. The molecule has 0 unspecified atom stereocenters. The SMILES string of the molecule is COC(=O)c1ccc(Cl)nc1.OB(O)c1ccc(Cl)c(Cl)c1. The number of hydrogen-bond donors (Lipinski definition) is 2. The highest BCUT2D eigenvalue weighted by molar-refractivity contribution is 6.59. The third kappa shape index (κ3) is 5.83. The van der Waals surface area contributed by atoms with E-state index in [-0.39, 0.29) is 0 Å². The molecule has 2 aromatic rings. The van der Waals surface area contributed by atoms with Gasteiger partial charge < -0.3 is 14.8 Å². The smallest absolute Gasteiger partial charge is 0.465 e. The second-order valence-corrected chi connectivity index (χ2v) is 5.11. The summed E-state index contributed by atoms with van der Waals surface area (Å²) in [5.41, 5.74) is 0.733. The van der Waals surface area contributed by atoms with Crippen molar-refractivity contribution in [1.82, 2.24) is 4.98 Å². The lowest BCUT2D eigenvalue weighted by molar-refractivity contribution is 0.0600. The monoisotopic (exact) mass is 361 g/mol. The number of benzene rings is 1. The summed E-state index contributed by atoms with van der Waals surface area (Å²) >= 11 is 16.7. The Hall–Kier alpha value is -1.31. The number of rotatable bonds is 2. The molecule has 0 spiro atoms. The van der Waals surface area contributed by atoms with Gasteiger partial charge in [-0.1, -0.05) is 40.9 Å². The van der Waals surface area contributed by atoms with Crippen molar-refractivity contribution in [3.8, 4) is 0 Å². The van der Waals surface area contributed by atoms with Gasteiger partial charge in [-0.15, -0.1) is 0 Å². The van der Waals surface area contributed by atoms with E-state index < -0.39 is 13.1 Å². The molecule has 5 nitrogen and oxygen atoms in total. The van der Waals surface area contributed by atoms with Gasteiger partial charge in [0.1, 0.15) is 5.15 Å². The number of ether oxygens (including phenoxy) is 1. The molecule has 1 aromatic carbocycles. The summed E-state index contributed by atoms with van der Waals surface area (Å²) in [5, 5.41) is 18.5. The van der Waals surface area contributed by atoms with Gasteiger partial charge in [0.25, 0.3) is 0 Å². The van der Waals surface area contributed by atoms with Gasteiger partial charge in [-0.05, 0) is 29.7 Å². The van der Waals surface area contributed by atoms with E-state index in [2.05, 4.69) is 9.72 Å². The largest absolute Gasteiger partial charge is 0.488 e. The fourth-order valence-electron chi connectivity index (χ4n) is 1.29. The number of nitrogens with zero attached hydrogens (tertiary/aromatic N) is 1.